The van der Waals surface area contributed by atoms with Crippen LogP contribution in [0.1, 0.15) is 32.6 Å². The number of nitrogens with zero attached hydrogens (tertiary/aromatic N) is 1. The molecule has 1 amide bonds. The van der Waals surface area contributed by atoms with Crippen molar-refractivity contribution in [1.29, 1.82) is 0 Å². The number of halogens is 1. The van der Waals surface area contributed by atoms with Crippen molar-refractivity contribution in [2.75, 3.05) is 19.0 Å². The molecule has 0 saturated carbocycles. The van der Waals surface area contributed by atoms with E-state index in [9.17, 15) is 4.79 Å². The van der Waals surface area contributed by atoms with Crippen molar-refractivity contribution in [1.82, 2.24) is 4.90 Å². The first-order chi connectivity index (χ1) is 7.70. The lowest BCUT2D eigenvalue weighted by Gasteiger charge is -2.33. The van der Waals surface area contributed by atoms with Gasteiger partial charge in [-0.3, -0.25) is 4.79 Å². The maximum Gasteiger partial charge on any atom is 0.251 e. The number of carbonyl (C=O) groups excluding carboxylic acids is 1. The van der Waals surface area contributed by atoms with Crippen molar-refractivity contribution in [3.63, 3.8) is 0 Å². The van der Waals surface area contributed by atoms with Crippen LogP contribution >= 0.6 is 11.6 Å². The lowest BCUT2D eigenvalue weighted by molar-refractivity contribution is -0.144. The fourth-order valence-corrected chi connectivity index (χ4v) is 2.83. The molecule has 2 saturated heterocycles. The van der Waals surface area contributed by atoms with E-state index in [2.05, 4.69) is 0 Å². The number of carbonyl (C=O) groups is 1. The van der Waals surface area contributed by atoms with Gasteiger partial charge in [0.25, 0.3) is 5.91 Å². The van der Waals surface area contributed by atoms with Crippen LogP contribution in [0.5, 0.6) is 0 Å². The lowest BCUT2D eigenvalue weighted by atomic mass is 9.99. The summed E-state index contributed by atoms with van der Waals surface area (Å²) in [5, 5.41) is 0. The van der Waals surface area contributed by atoms with Gasteiger partial charge in [0, 0.05) is 19.0 Å². The van der Waals surface area contributed by atoms with Gasteiger partial charge in [-0.2, -0.15) is 0 Å². The van der Waals surface area contributed by atoms with Gasteiger partial charge < -0.3 is 9.64 Å². The van der Waals surface area contributed by atoms with E-state index in [0.29, 0.717) is 11.8 Å². The second-order valence-corrected chi connectivity index (χ2v) is 5.27. The molecule has 0 N–H and O–H groups in total. The number of hydrogen-bond donors (Lipinski definition) is 0. The molecular formula is C12H20ClNO2. The summed E-state index contributed by atoms with van der Waals surface area (Å²) < 4.78 is 5.62. The normalized spacial score (nSPS) is 35.4. The smallest absolute Gasteiger partial charge is 0.251 e. The fraction of sp³-hybridized carbons (Fsp3) is 0.917. The molecule has 2 aliphatic rings. The molecule has 0 aromatic rings. The predicted molar refractivity (Wildman–Crippen MR) is 63.6 cm³/mol. The number of hydrogen-bond acceptors (Lipinski definition) is 2. The summed E-state index contributed by atoms with van der Waals surface area (Å²) in [4.78, 5) is 14.1. The first-order valence-electron chi connectivity index (χ1n) is 6.21. The maximum absolute atomic E-state index is 12.2. The first-order valence-corrected chi connectivity index (χ1v) is 6.74. The molecule has 3 atom stereocenters. The summed E-state index contributed by atoms with van der Waals surface area (Å²) in [5.41, 5.74) is 0. The topological polar surface area (TPSA) is 29.5 Å². The molecule has 0 bridgehead atoms. The van der Waals surface area contributed by atoms with Crippen molar-refractivity contribution in [2.45, 2.75) is 44.8 Å². The zero-order chi connectivity index (χ0) is 11.5. The predicted octanol–water partition coefficient (Wildman–Crippen LogP) is 2.03. The third kappa shape index (κ3) is 2.69. The van der Waals surface area contributed by atoms with E-state index in [1.54, 1.807) is 0 Å². The van der Waals surface area contributed by atoms with Gasteiger partial charge >= 0.3 is 0 Å². The molecule has 92 valence electrons. The third-order valence-corrected chi connectivity index (χ3v) is 3.99. The Morgan fingerprint density at radius 1 is 1.44 bits per heavy atom. The van der Waals surface area contributed by atoms with Crippen LogP contribution < -0.4 is 0 Å². The fourth-order valence-electron chi connectivity index (χ4n) is 2.58. The van der Waals surface area contributed by atoms with Gasteiger partial charge in [-0.05, 0) is 38.5 Å². The molecule has 3 unspecified atom stereocenters. The van der Waals surface area contributed by atoms with E-state index in [4.69, 9.17) is 16.3 Å². The molecule has 2 heterocycles. The zero-order valence-electron chi connectivity index (χ0n) is 9.82. The Hall–Kier alpha value is -0.280. The lowest BCUT2D eigenvalue weighted by Crippen LogP contribution is -2.45. The van der Waals surface area contributed by atoms with E-state index in [-0.39, 0.29) is 18.1 Å². The van der Waals surface area contributed by atoms with E-state index >= 15 is 0 Å². The molecule has 3 nitrogen and oxygen atoms in total. The van der Waals surface area contributed by atoms with Crippen molar-refractivity contribution in [3.8, 4) is 0 Å². The molecule has 2 rings (SSSR count). The Bertz CT molecular complexity index is 259. The van der Waals surface area contributed by atoms with E-state index < -0.39 is 0 Å². The highest BCUT2D eigenvalue weighted by atomic mass is 35.5. The second kappa shape index (κ2) is 5.37. The molecule has 0 radical (unpaired) electrons. The summed E-state index contributed by atoms with van der Waals surface area (Å²) in [6.45, 7) is 3.72. The van der Waals surface area contributed by atoms with E-state index in [1.165, 1.54) is 0 Å². The Labute approximate surface area is 102 Å². The molecule has 16 heavy (non-hydrogen) atoms. The molecule has 4 heteroatoms. The monoisotopic (exact) mass is 245 g/mol. The average Bonchev–Trinajstić information content (AvgIpc) is 2.75. The van der Waals surface area contributed by atoms with Crippen molar-refractivity contribution >= 4 is 17.5 Å². The van der Waals surface area contributed by atoms with Crippen LogP contribution in [0.3, 0.4) is 0 Å². The Morgan fingerprint density at radius 2 is 2.25 bits per heavy atom. The highest BCUT2D eigenvalue weighted by Crippen LogP contribution is 2.24. The number of likely N-dealkylation sites (tertiary alicyclic amines) is 1. The minimum Gasteiger partial charge on any atom is -0.365 e. The van der Waals surface area contributed by atoms with Gasteiger partial charge in [0.05, 0.1) is 6.10 Å². The van der Waals surface area contributed by atoms with Crippen LogP contribution in [0.15, 0.2) is 0 Å². The zero-order valence-corrected chi connectivity index (χ0v) is 10.6. The first kappa shape index (κ1) is 12.2. The van der Waals surface area contributed by atoms with Crippen LogP contribution in [0.25, 0.3) is 0 Å². The van der Waals surface area contributed by atoms with E-state index in [1.807, 2.05) is 11.8 Å². The molecule has 0 spiro atoms. The molecule has 0 aromatic carbocycles. The van der Waals surface area contributed by atoms with Gasteiger partial charge in [0.15, 0.2) is 0 Å². The van der Waals surface area contributed by atoms with Gasteiger partial charge in [0.2, 0.25) is 0 Å². The molecule has 0 aliphatic carbocycles. The average molecular weight is 246 g/mol. The largest absolute Gasteiger partial charge is 0.365 e. The Kier molecular flexibility index (Phi) is 4.09. The number of amides is 1. The SMILES string of the molecule is CC1CCC(C(=O)N2CCCC(CCl)C2)O1. The van der Waals surface area contributed by atoms with Crippen molar-refractivity contribution in [3.05, 3.63) is 0 Å². The standard InChI is InChI=1S/C12H20ClNO2/c1-9-4-5-11(16-9)12(15)14-6-2-3-10(7-13)8-14/h9-11H,2-8H2,1H3. The third-order valence-electron chi connectivity index (χ3n) is 3.56. The number of rotatable bonds is 2. The van der Waals surface area contributed by atoms with E-state index in [0.717, 1.165) is 38.8 Å². The summed E-state index contributed by atoms with van der Waals surface area (Å²) in [5.74, 6) is 1.31. The molecule has 0 aromatic heterocycles. The summed E-state index contributed by atoms with van der Waals surface area (Å²) in [7, 11) is 0. The molecular weight excluding hydrogens is 226 g/mol. The molecule has 2 aliphatic heterocycles. The van der Waals surface area contributed by atoms with Crippen LogP contribution in [-0.4, -0.2) is 42.0 Å². The van der Waals surface area contributed by atoms with Crippen LogP contribution in [0, 0.1) is 5.92 Å². The summed E-state index contributed by atoms with van der Waals surface area (Å²) in [6, 6.07) is 0. The number of ether oxygens (including phenoxy) is 1. The van der Waals surface area contributed by atoms with Crippen molar-refractivity contribution in [2.24, 2.45) is 5.92 Å². The second-order valence-electron chi connectivity index (χ2n) is 4.96. The maximum atomic E-state index is 12.2. The van der Waals surface area contributed by atoms with Crippen molar-refractivity contribution < 1.29 is 9.53 Å². The van der Waals surface area contributed by atoms with Crippen LogP contribution in [-0.2, 0) is 9.53 Å². The Morgan fingerprint density at radius 3 is 2.88 bits per heavy atom. The minimum absolute atomic E-state index is 0.180. The van der Waals surface area contributed by atoms with Gasteiger partial charge in [-0.25, -0.2) is 0 Å². The van der Waals surface area contributed by atoms with Crippen LogP contribution in [0.2, 0.25) is 0 Å². The highest BCUT2D eigenvalue weighted by Gasteiger charge is 2.33. The quantitative estimate of drug-likeness (QED) is 0.697. The minimum atomic E-state index is -0.191. The van der Waals surface area contributed by atoms with Crippen LogP contribution in [0.4, 0.5) is 0 Å². The number of alkyl halides is 1. The van der Waals surface area contributed by atoms with Gasteiger partial charge in [-0.1, -0.05) is 0 Å². The highest BCUT2D eigenvalue weighted by molar-refractivity contribution is 6.18. The summed E-state index contributed by atoms with van der Waals surface area (Å²) >= 11 is 5.86. The van der Waals surface area contributed by atoms with Gasteiger partial charge in [0.1, 0.15) is 6.10 Å². The molecule has 2 fully saturated rings. The summed E-state index contributed by atoms with van der Waals surface area (Å²) in [6.07, 6.45) is 4.15. The van der Waals surface area contributed by atoms with Gasteiger partial charge in [-0.15, -0.1) is 11.6 Å². The Balaban J connectivity index is 1.89. The number of piperidine rings is 1.